The molecule has 21 heavy (non-hydrogen) atoms. The summed E-state index contributed by atoms with van der Waals surface area (Å²) < 4.78 is 36.6. The van der Waals surface area contributed by atoms with E-state index in [0.29, 0.717) is 0 Å². The Kier molecular flexibility index (Phi) is 3.67. The number of nitrogens with one attached hydrogen (secondary N) is 2. The van der Waals surface area contributed by atoms with Crippen LogP contribution >= 0.6 is 0 Å². The highest BCUT2D eigenvalue weighted by Crippen LogP contribution is 2.25. The predicted octanol–water partition coefficient (Wildman–Crippen LogP) is 0.475. The Bertz CT molecular complexity index is 716. The van der Waals surface area contributed by atoms with Gasteiger partial charge in [-0.1, -0.05) is 0 Å². The minimum Gasteiger partial charge on any atom is -0.504 e. The molecule has 0 radical (unpaired) electrons. The van der Waals surface area contributed by atoms with Crippen LogP contribution in [0.2, 0.25) is 0 Å². The molecule has 0 fully saturated rings. The van der Waals surface area contributed by atoms with Crippen molar-refractivity contribution in [3.8, 4) is 17.2 Å². The van der Waals surface area contributed by atoms with Crippen molar-refractivity contribution in [2.45, 2.75) is 6.30 Å². The second-order valence-corrected chi connectivity index (χ2v) is 3.75. The second-order valence-electron chi connectivity index (χ2n) is 3.75. The van der Waals surface area contributed by atoms with Crippen LogP contribution < -0.4 is 16.5 Å². The summed E-state index contributed by atoms with van der Waals surface area (Å²) in [6.07, 6.45) is -3.79. The maximum atomic E-state index is 11.9. The normalized spacial score (nSPS) is 11.4. The zero-order valence-corrected chi connectivity index (χ0v) is 10.1. The molecular weight excluding hydrogens is 295 g/mol. The molecule has 0 aliphatic carbocycles. The molecule has 0 saturated heterocycles. The maximum absolute atomic E-state index is 11.9. The highest BCUT2D eigenvalue weighted by Gasteiger charge is 2.27. The molecule has 112 valence electrons. The molecule has 0 unspecified atom stereocenters. The largest absolute Gasteiger partial charge is 0.504 e. The smallest absolute Gasteiger partial charge is 0.474 e. The fraction of sp³-hybridized carbons (Fsp3) is 0.100. The van der Waals surface area contributed by atoms with Gasteiger partial charge in [-0.05, 0) is 12.1 Å². The summed E-state index contributed by atoms with van der Waals surface area (Å²) in [5.41, 5.74) is 1.77. The van der Waals surface area contributed by atoms with Gasteiger partial charge in [0.1, 0.15) is 6.33 Å². The van der Waals surface area contributed by atoms with Crippen LogP contribution in [0.5, 0.6) is 11.5 Å². The molecule has 0 spiro atoms. The van der Waals surface area contributed by atoms with E-state index in [1.807, 2.05) is 0 Å². The molecule has 11 heteroatoms. The van der Waals surface area contributed by atoms with Gasteiger partial charge in [0.15, 0.2) is 11.5 Å². The van der Waals surface area contributed by atoms with E-state index in [1.165, 1.54) is 6.07 Å². The molecule has 0 aliphatic heterocycles. The van der Waals surface area contributed by atoms with Crippen LogP contribution in [0.3, 0.4) is 0 Å². The van der Waals surface area contributed by atoms with Crippen LogP contribution in [0, 0.1) is 0 Å². The standard InChI is InChI=1S/C10H8F3N5O3/c11-10(12,13)17-16-8-14-4-18(9(21)15-8)5-1-2-6(19)7(20)3-5/h1-4,17,19-20H,(H,15,16,21). The lowest BCUT2D eigenvalue weighted by Crippen LogP contribution is -2.38. The molecule has 0 bridgehead atoms. The molecule has 1 aromatic carbocycles. The van der Waals surface area contributed by atoms with Crippen molar-refractivity contribution in [2.24, 2.45) is 0 Å². The lowest BCUT2D eigenvalue weighted by atomic mass is 10.3. The molecule has 0 aliphatic rings. The van der Waals surface area contributed by atoms with Gasteiger partial charge in [-0.25, -0.2) is 9.78 Å². The van der Waals surface area contributed by atoms with Crippen molar-refractivity contribution in [1.29, 1.82) is 0 Å². The number of rotatable bonds is 3. The average Bonchev–Trinajstić information content (AvgIpc) is 2.39. The summed E-state index contributed by atoms with van der Waals surface area (Å²) in [7, 11) is 0. The Balaban J connectivity index is 2.27. The Morgan fingerprint density at radius 1 is 1.19 bits per heavy atom. The van der Waals surface area contributed by atoms with E-state index in [1.54, 1.807) is 5.43 Å². The first kappa shape index (κ1) is 14.6. The number of hydrazine groups is 1. The van der Waals surface area contributed by atoms with Crippen LogP contribution in [0.15, 0.2) is 29.3 Å². The fourth-order valence-corrected chi connectivity index (χ4v) is 1.36. The summed E-state index contributed by atoms with van der Waals surface area (Å²) in [6, 6.07) is 3.50. The van der Waals surface area contributed by atoms with E-state index in [2.05, 4.69) is 9.97 Å². The second kappa shape index (κ2) is 5.28. The zero-order chi connectivity index (χ0) is 15.6. The highest BCUT2D eigenvalue weighted by atomic mass is 19.4. The van der Waals surface area contributed by atoms with Crippen LogP contribution in [0.1, 0.15) is 0 Å². The summed E-state index contributed by atoms with van der Waals surface area (Å²) in [6.45, 7) is 0. The summed E-state index contributed by atoms with van der Waals surface area (Å²) in [4.78, 5) is 18.5. The van der Waals surface area contributed by atoms with Gasteiger partial charge >= 0.3 is 12.0 Å². The molecule has 0 atom stereocenters. The molecule has 0 saturated carbocycles. The molecule has 1 heterocycles. The van der Waals surface area contributed by atoms with Crippen molar-refractivity contribution < 1.29 is 23.4 Å². The van der Waals surface area contributed by atoms with E-state index in [9.17, 15) is 23.1 Å². The van der Waals surface area contributed by atoms with Crippen LogP contribution in [0.25, 0.3) is 5.69 Å². The summed E-state index contributed by atoms with van der Waals surface area (Å²) in [5, 5.41) is 18.5. The third-order valence-corrected chi connectivity index (χ3v) is 2.26. The Morgan fingerprint density at radius 3 is 2.48 bits per heavy atom. The topological polar surface area (TPSA) is 112 Å². The van der Waals surface area contributed by atoms with Crippen LogP contribution in [-0.2, 0) is 0 Å². The number of halogens is 3. The van der Waals surface area contributed by atoms with Gasteiger partial charge in [0.25, 0.3) is 0 Å². The minimum absolute atomic E-state index is 0.130. The van der Waals surface area contributed by atoms with Gasteiger partial charge in [-0.15, -0.1) is 5.43 Å². The SMILES string of the molecule is O=c1nc(NNC(F)(F)F)ncn1-c1ccc(O)c(O)c1. The number of hydrogen-bond acceptors (Lipinski definition) is 7. The first-order chi connectivity index (χ1) is 9.76. The fourth-order valence-electron chi connectivity index (χ4n) is 1.36. The van der Waals surface area contributed by atoms with Crippen molar-refractivity contribution in [3.63, 3.8) is 0 Å². The van der Waals surface area contributed by atoms with E-state index >= 15 is 0 Å². The summed E-state index contributed by atoms with van der Waals surface area (Å²) in [5.74, 6) is -1.43. The van der Waals surface area contributed by atoms with Crippen molar-refractivity contribution in [1.82, 2.24) is 20.0 Å². The van der Waals surface area contributed by atoms with E-state index in [-0.39, 0.29) is 11.4 Å². The number of aromatic nitrogens is 3. The lowest BCUT2D eigenvalue weighted by molar-refractivity contribution is -0.151. The third kappa shape index (κ3) is 3.60. The van der Waals surface area contributed by atoms with Crippen LogP contribution in [0.4, 0.5) is 19.1 Å². The van der Waals surface area contributed by atoms with Crippen molar-refractivity contribution >= 4 is 5.95 Å². The number of phenols is 2. The Morgan fingerprint density at radius 2 is 1.90 bits per heavy atom. The quantitative estimate of drug-likeness (QED) is 0.370. The van der Waals surface area contributed by atoms with Crippen molar-refractivity contribution in [3.05, 3.63) is 35.0 Å². The maximum Gasteiger partial charge on any atom is 0.474 e. The monoisotopic (exact) mass is 303 g/mol. The molecule has 2 rings (SSSR count). The number of hydrogen-bond donors (Lipinski definition) is 4. The number of aromatic hydroxyl groups is 2. The number of nitrogens with zero attached hydrogens (tertiary/aromatic N) is 3. The van der Waals surface area contributed by atoms with Gasteiger partial charge in [0.05, 0.1) is 5.69 Å². The predicted molar refractivity (Wildman–Crippen MR) is 63.8 cm³/mol. The highest BCUT2D eigenvalue weighted by molar-refractivity contribution is 5.47. The van der Waals surface area contributed by atoms with E-state index in [4.69, 9.17) is 5.11 Å². The lowest BCUT2D eigenvalue weighted by Gasteiger charge is -2.10. The van der Waals surface area contributed by atoms with E-state index in [0.717, 1.165) is 28.5 Å². The van der Waals surface area contributed by atoms with Gasteiger partial charge in [0.2, 0.25) is 5.95 Å². The number of anilines is 1. The Hall–Kier alpha value is -2.82. The zero-order valence-electron chi connectivity index (χ0n) is 10.1. The van der Waals surface area contributed by atoms with Crippen LogP contribution in [-0.4, -0.2) is 31.0 Å². The molecule has 8 nitrogen and oxygen atoms in total. The van der Waals surface area contributed by atoms with Gasteiger partial charge in [-0.2, -0.15) is 18.2 Å². The number of alkyl halides is 3. The first-order valence-corrected chi connectivity index (χ1v) is 5.34. The third-order valence-electron chi connectivity index (χ3n) is 2.26. The summed E-state index contributed by atoms with van der Waals surface area (Å²) >= 11 is 0. The van der Waals surface area contributed by atoms with Crippen molar-refractivity contribution in [2.75, 3.05) is 5.43 Å². The molecule has 2 aromatic rings. The van der Waals surface area contributed by atoms with Gasteiger partial charge in [0, 0.05) is 6.07 Å². The molecule has 1 aromatic heterocycles. The molecule has 4 N–H and O–H groups in total. The minimum atomic E-state index is -4.71. The Labute approximate surface area is 114 Å². The first-order valence-electron chi connectivity index (χ1n) is 5.34. The molecule has 0 amide bonds. The van der Waals surface area contributed by atoms with Gasteiger partial charge in [-0.3, -0.25) is 9.99 Å². The number of benzene rings is 1. The van der Waals surface area contributed by atoms with Gasteiger partial charge < -0.3 is 10.2 Å². The molecular formula is C10H8F3N5O3. The number of phenolic OH excluding ortho intramolecular Hbond substituents is 2. The van der Waals surface area contributed by atoms with E-state index < -0.39 is 23.7 Å². The average molecular weight is 303 g/mol.